The van der Waals surface area contributed by atoms with E-state index in [0.29, 0.717) is 25.3 Å². The zero-order chi connectivity index (χ0) is 18.5. The van der Waals surface area contributed by atoms with Gasteiger partial charge in [-0.3, -0.25) is 4.79 Å². The summed E-state index contributed by atoms with van der Waals surface area (Å²) < 4.78 is 4.97. The Morgan fingerprint density at radius 2 is 1.92 bits per heavy atom. The van der Waals surface area contributed by atoms with Crippen LogP contribution in [0.1, 0.15) is 39.4 Å². The Morgan fingerprint density at radius 1 is 1.15 bits per heavy atom. The van der Waals surface area contributed by atoms with Gasteiger partial charge in [0.15, 0.2) is 0 Å². The molecule has 0 radical (unpaired) electrons. The summed E-state index contributed by atoms with van der Waals surface area (Å²) in [4.78, 5) is 33.7. The number of amides is 1. The number of piperazine rings is 1. The summed E-state index contributed by atoms with van der Waals surface area (Å²) in [6, 6.07) is 5.60. The highest BCUT2D eigenvalue weighted by atomic mass is 32.1. The smallest absolute Gasteiger partial charge is 0.339 e. The predicted octanol–water partition coefficient (Wildman–Crippen LogP) is 2.84. The second-order valence-corrected chi connectivity index (χ2v) is 6.95. The molecule has 138 valence electrons. The summed E-state index contributed by atoms with van der Waals surface area (Å²) in [7, 11) is 0. The molecule has 1 aliphatic rings. The van der Waals surface area contributed by atoms with Gasteiger partial charge < -0.3 is 14.5 Å². The van der Waals surface area contributed by atoms with E-state index in [-0.39, 0.29) is 11.9 Å². The molecule has 2 aromatic rings. The maximum absolute atomic E-state index is 12.7. The molecule has 0 atom stereocenters. The SMILES string of the molecule is CCOC(=O)c1ccc(N2CCN(C(=O)c3sccc3CC)CC2)nc1. The van der Waals surface area contributed by atoms with Crippen molar-refractivity contribution < 1.29 is 14.3 Å². The molecule has 0 spiro atoms. The normalized spacial score (nSPS) is 14.4. The average Bonchev–Trinajstić information content (AvgIpc) is 3.17. The number of pyridine rings is 1. The molecule has 1 fully saturated rings. The first-order chi connectivity index (χ1) is 12.6. The van der Waals surface area contributed by atoms with E-state index in [0.717, 1.165) is 35.8 Å². The Bertz CT molecular complexity index is 765. The Kier molecular flexibility index (Phi) is 5.88. The number of aryl methyl sites for hydroxylation is 1. The number of aromatic nitrogens is 1. The number of ether oxygens (including phenoxy) is 1. The van der Waals surface area contributed by atoms with Crippen LogP contribution in [-0.4, -0.2) is 54.5 Å². The number of anilines is 1. The van der Waals surface area contributed by atoms with Crippen LogP contribution in [0, 0.1) is 0 Å². The van der Waals surface area contributed by atoms with Crippen LogP contribution in [0.2, 0.25) is 0 Å². The molecule has 26 heavy (non-hydrogen) atoms. The van der Waals surface area contributed by atoms with Gasteiger partial charge in [-0.15, -0.1) is 11.3 Å². The van der Waals surface area contributed by atoms with Gasteiger partial charge in [-0.05, 0) is 42.5 Å². The van der Waals surface area contributed by atoms with E-state index in [1.54, 1.807) is 19.2 Å². The number of thiophene rings is 1. The summed E-state index contributed by atoms with van der Waals surface area (Å²) in [5, 5.41) is 1.98. The Hall–Kier alpha value is -2.41. The number of carbonyl (C=O) groups is 2. The topological polar surface area (TPSA) is 62.7 Å². The molecule has 0 bridgehead atoms. The minimum Gasteiger partial charge on any atom is -0.462 e. The van der Waals surface area contributed by atoms with Crippen molar-refractivity contribution in [2.45, 2.75) is 20.3 Å². The van der Waals surface area contributed by atoms with Crippen LogP contribution in [-0.2, 0) is 11.2 Å². The van der Waals surface area contributed by atoms with Crippen LogP contribution in [0.5, 0.6) is 0 Å². The summed E-state index contributed by atoms with van der Waals surface area (Å²) in [5.74, 6) is 0.585. The zero-order valence-corrected chi connectivity index (χ0v) is 15.9. The lowest BCUT2D eigenvalue weighted by molar-refractivity contribution is 0.0525. The van der Waals surface area contributed by atoms with Crippen LogP contribution < -0.4 is 4.90 Å². The second kappa shape index (κ2) is 8.31. The minimum atomic E-state index is -0.357. The van der Waals surface area contributed by atoms with Gasteiger partial charge >= 0.3 is 5.97 Å². The molecule has 3 heterocycles. The fourth-order valence-corrected chi connectivity index (χ4v) is 3.95. The Morgan fingerprint density at radius 3 is 2.54 bits per heavy atom. The molecular weight excluding hydrogens is 350 g/mol. The zero-order valence-electron chi connectivity index (χ0n) is 15.1. The van der Waals surface area contributed by atoms with Gasteiger partial charge in [-0.2, -0.15) is 0 Å². The number of esters is 1. The molecule has 6 nitrogen and oxygen atoms in total. The predicted molar refractivity (Wildman–Crippen MR) is 102 cm³/mol. The third-order valence-corrected chi connectivity index (χ3v) is 5.42. The number of nitrogens with zero attached hydrogens (tertiary/aromatic N) is 3. The van der Waals surface area contributed by atoms with Crippen LogP contribution in [0.25, 0.3) is 0 Å². The van der Waals surface area contributed by atoms with Crippen molar-refractivity contribution in [1.82, 2.24) is 9.88 Å². The second-order valence-electron chi connectivity index (χ2n) is 6.03. The van der Waals surface area contributed by atoms with Crippen LogP contribution in [0.3, 0.4) is 0 Å². The van der Waals surface area contributed by atoms with Crippen molar-refractivity contribution in [3.05, 3.63) is 45.8 Å². The summed E-state index contributed by atoms with van der Waals surface area (Å²) in [6.07, 6.45) is 2.42. The van der Waals surface area contributed by atoms with E-state index in [1.807, 2.05) is 22.4 Å². The first-order valence-electron chi connectivity index (χ1n) is 8.87. The van der Waals surface area contributed by atoms with Gasteiger partial charge in [0, 0.05) is 32.4 Å². The standard InChI is InChI=1S/C19H23N3O3S/c1-3-14-7-12-26-17(14)18(23)22-10-8-21(9-11-22)16-6-5-15(13-20-16)19(24)25-4-2/h5-7,12-13H,3-4,8-11H2,1-2H3. The molecule has 0 aromatic carbocycles. The van der Waals surface area contributed by atoms with E-state index in [1.165, 1.54) is 11.3 Å². The van der Waals surface area contributed by atoms with E-state index >= 15 is 0 Å². The minimum absolute atomic E-state index is 0.127. The quantitative estimate of drug-likeness (QED) is 0.754. The average molecular weight is 373 g/mol. The number of hydrogen-bond acceptors (Lipinski definition) is 6. The van der Waals surface area contributed by atoms with Crippen molar-refractivity contribution in [2.24, 2.45) is 0 Å². The molecule has 0 aliphatic carbocycles. The van der Waals surface area contributed by atoms with Crippen molar-refractivity contribution in [1.29, 1.82) is 0 Å². The number of carbonyl (C=O) groups excluding carboxylic acids is 2. The monoisotopic (exact) mass is 373 g/mol. The van der Waals surface area contributed by atoms with Gasteiger partial charge in [-0.1, -0.05) is 6.92 Å². The van der Waals surface area contributed by atoms with Gasteiger partial charge in [0.1, 0.15) is 5.82 Å². The molecule has 0 saturated carbocycles. The largest absolute Gasteiger partial charge is 0.462 e. The van der Waals surface area contributed by atoms with Gasteiger partial charge in [0.05, 0.1) is 17.0 Å². The lowest BCUT2D eigenvalue weighted by Crippen LogP contribution is -2.49. The lowest BCUT2D eigenvalue weighted by atomic mass is 10.2. The maximum atomic E-state index is 12.7. The maximum Gasteiger partial charge on any atom is 0.339 e. The highest BCUT2D eigenvalue weighted by Gasteiger charge is 2.25. The van der Waals surface area contributed by atoms with Crippen molar-refractivity contribution in [2.75, 3.05) is 37.7 Å². The fraction of sp³-hybridized carbons (Fsp3) is 0.421. The molecule has 3 rings (SSSR count). The van der Waals surface area contributed by atoms with Gasteiger partial charge in [-0.25, -0.2) is 9.78 Å². The van der Waals surface area contributed by atoms with Crippen LogP contribution in [0.15, 0.2) is 29.8 Å². The van der Waals surface area contributed by atoms with Gasteiger partial charge in [0.25, 0.3) is 5.91 Å². The molecular formula is C19H23N3O3S. The molecule has 0 unspecified atom stereocenters. The van der Waals surface area contributed by atoms with Crippen molar-refractivity contribution in [3.8, 4) is 0 Å². The highest BCUT2D eigenvalue weighted by Crippen LogP contribution is 2.21. The summed E-state index contributed by atoms with van der Waals surface area (Å²) >= 11 is 1.52. The Balaban J connectivity index is 1.60. The molecule has 1 aliphatic heterocycles. The van der Waals surface area contributed by atoms with Gasteiger partial charge in [0.2, 0.25) is 0 Å². The van der Waals surface area contributed by atoms with E-state index in [9.17, 15) is 9.59 Å². The van der Waals surface area contributed by atoms with Crippen molar-refractivity contribution in [3.63, 3.8) is 0 Å². The van der Waals surface area contributed by atoms with E-state index in [4.69, 9.17) is 4.74 Å². The number of rotatable bonds is 5. The van der Waals surface area contributed by atoms with Crippen LogP contribution in [0.4, 0.5) is 5.82 Å². The summed E-state index contributed by atoms with van der Waals surface area (Å²) in [6.45, 7) is 6.99. The van der Waals surface area contributed by atoms with E-state index in [2.05, 4.69) is 16.8 Å². The molecule has 0 N–H and O–H groups in total. The highest BCUT2D eigenvalue weighted by molar-refractivity contribution is 7.12. The molecule has 7 heteroatoms. The van der Waals surface area contributed by atoms with Crippen LogP contribution >= 0.6 is 11.3 Å². The lowest BCUT2D eigenvalue weighted by Gasteiger charge is -2.35. The third kappa shape index (κ3) is 3.88. The molecule has 1 saturated heterocycles. The Labute approximate surface area is 157 Å². The van der Waals surface area contributed by atoms with E-state index < -0.39 is 0 Å². The number of hydrogen-bond donors (Lipinski definition) is 0. The first kappa shape index (κ1) is 18.4. The third-order valence-electron chi connectivity index (χ3n) is 4.47. The summed E-state index contributed by atoms with van der Waals surface area (Å²) in [5.41, 5.74) is 1.58. The molecule has 1 amide bonds. The fourth-order valence-electron chi connectivity index (χ4n) is 2.99. The first-order valence-corrected chi connectivity index (χ1v) is 9.75. The molecule has 2 aromatic heterocycles. The van der Waals surface area contributed by atoms with Crippen molar-refractivity contribution >= 4 is 29.0 Å².